The van der Waals surface area contributed by atoms with E-state index in [0.717, 1.165) is 33.4 Å². The highest BCUT2D eigenvalue weighted by Gasteiger charge is 2.08. The van der Waals surface area contributed by atoms with Crippen LogP contribution >= 0.6 is 28.1 Å². The van der Waals surface area contributed by atoms with E-state index in [1.165, 1.54) is 0 Å². The summed E-state index contributed by atoms with van der Waals surface area (Å²) >= 11 is 8.84. The van der Waals surface area contributed by atoms with Crippen molar-refractivity contribution in [3.8, 4) is 0 Å². The third-order valence-electron chi connectivity index (χ3n) is 2.68. The Morgan fingerprint density at radius 3 is 3.00 bits per heavy atom. The lowest BCUT2D eigenvalue weighted by Crippen LogP contribution is -2.12. The summed E-state index contributed by atoms with van der Waals surface area (Å²) in [6.45, 7) is 3.76. The summed E-state index contributed by atoms with van der Waals surface area (Å²) in [6, 6.07) is 6.13. The van der Waals surface area contributed by atoms with Gasteiger partial charge in [-0.05, 0) is 36.3 Å². The standard InChI is InChI=1S/C12H15BrN2OS/c1-8(7-16-2)6-15-11-5-9(13)3-4-10(11)14-12(15)17/h3-5,8H,6-7H2,1-2H3,(H,14,17). The molecule has 0 spiro atoms. The molecule has 1 N–H and O–H groups in total. The number of methoxy groups -OCH3 is 1. The van der Waals surface area contributed by atoms with Crippen molar-refractivity contribution < 1.29 is 4.74 Å². The number of fused-ring (bicyclic) bond motifs is 1. The second-order valence-electron chi connectivity index (χ2n) is 4.26. The number of nitrogens with one attached hydrogen (secondary N) is 1. The Morgan fingerprint density at radius 2 is 2.29 bits per heavy atom. The Kier molecular flexibility index (Phi) is 4.01. The molecule has 17 heavy (non-hydrogen) atoms. The van der Waals surface area contributed by atoms with Crippen LogP contribution in [0.5, 0.6) is 0 Å². The summed E-state index contributed by atoms with van der Waals surface area (Å²) in [5, 5.41) is 0. The van der Waals surface area contributed by atoms with Crippen molar-refractivity contribution >= 4 is 39.2 Å². The first-order valence-electron chi connectivity index (χ1n) is 5.49. The maximum atomic E-state index is 5.35. The van der Waals surface area contributed by atoms with Crippen LogP contribution in [-0.2, 0) is 11.3 Å². The van der Waals surface area contributed by atoms with E-state index in [1.807, 2.05) is 12.1 Å². The number of nitrogens with zero attached hydrogens (tertiary/aromatic N) is 1. The van der Waals surface area contributed by atoms with E-state index in [4.69, 9.17) is 17.0 Å². The molecule has 0 saturated carbocycles. The summed E-state index contributed by atoms with van der Waals surface area (Å²) in [7, 11) is 1.72. The summed E-state index contributed by atoms with van der Waals surface area (Å²) in [6.07, 6.45) is 0. The molecule has 1 unspecified atom stereocenters. The van der Waals surface area contributed by atoms with Crippen molar-refractivity contribution in [2.45, 2.75) is 13.5 Å². The van der Waals surface area contributed by atoms with Gasteiger partial charge in [0.1, 0.15) is 0 Å². The molecule has 5 heteroatoms. The number of imidazole rings is 1. The number of halogens is 1. The van der Waals surface area contributed by atoms with Gasteiger partial charge in [-0.2, -0.15) is 0 Å². The molecule has 0 aliphatic rings. The molecule has 1 aromatic carbocycles. The molecular formula is C12H15BrN2OS. The third kappa shape index (κ3) is 2.78. The monoisotopic (exact) mass is 314 g/mol. The van der Waals surface area contributed by atoms with Gasteiger partial charge >= 0.3 is 0 Å². The normalized spacial score (nSPS) is 13.1. The zero-order valence-corrected chi connectivity index (χ0v) is 12.3. The lowest BCUT2D eigenvalue weighted by atomic mass is 10.2. The predicted molar refractivity (Wildman–Crippen MR) is 75.9 cm³/mol. The Balaban J connectivity index is 2.42. The van der Waals surface area contributed by atoms with Crippen LogP contribution < -0.4 is 0 Å². The molecule has 0 amide bonds. The summed E-state index contributed by atoms with van der Waals surface area (Å²) < 4.78 is 9.11. The molecule has 3 nitrogen and oxygen atoms in total. The molecule has 2 aromatic rings. The summed E-state index contributed by atoms with van der Waals surface area (Å²) in [5.41, 5.74) is 2.20. The van der Waals surface area contributed by atoms with E-state index >= 15 is 0 Å². The van der Waals surface area contributed by atoms with E-state index < -0.39 is 0 Å². The molecular weight excluding hydrogens is 300 g/mol. The number of benzene rings is 1. The van der Waals surface area contributed by atoms with E-state index in [9.17, 15) is 0 Å². The second kappa shape index (κ2) is 5.33. The van der Waals surface area contributed by atoms with Crippen molar-refractivity contribution in [3.05, 3.63) is 27.4 Å². The van der Waals surface area contributed by atoms with Crippen molar-refractivity contribution in [2.24, 2.45) is 5.92 Å². The number of H-pyrrole nitrogens is 1. The Morgan fingerprint density at radius 1 is 1.53 bits per heavy atom. The number of rotatable bonds is 4. The van der Waals surface area contributed by atoms with Gasteiger partial charge in [-0.15, -0.1) is 0 Å². The van der Waals surface area contributed by atoms with Gasteiger partial charge < -0.3 is 14.3 Å². The number of hydrogen-bond acceptors (Lipinski definition) is 2. The van der Waals surface area contributed by atoms with Gasteiger partial charge in [-0.1, -0.05) is 22.9 Å². The molecule has 1 heterocycles. The number of aromatic nitrogens is 2. The number of aromatic amines is 1. The van der Waals surface area contributed by atoms with Gasteiger partial charge in [-0.3, -0.25) is 0 Å². The van der Waals surface area contributed by atoms with Crippen LogP contribution in [0, 0.1) is 10.7 Å². The van der Waals surface area contributed by atoms with Crippen LogP contribution in [0.25, 0.3) is 11.0 Å². The molecule has 0 bridgehead atoms. The SMILES string of the molecule is COCC(C)Cn1c(=S)[nH]c2ccc(Br)cc21. The number of ether oxygens (including phenoxy) is 1. The van der Waals surface area contributed by atoms with Crippen molar-refractivity contribution in [3.63, 3.8) is 0 Å². The van der Waals surface area contributed by atoms with Gasteiger partial charge in [0.2, 0.25) is 0 Å². The Hall–Kier alpha value is -0.650. The van der Waals surface area contributed by atoms with Gasteiger partial charge in [0.25, 0.3) is 0 Å². The van der Waals surface area contributed by atoms with Crippen molar-refractivity contribution in [1.82, 2.24) is 9.55 Å². The number of hydrogen-bond donors (Lipinski definition) is 1. The molecule has 0 saturated heterocycles. The van der Waals surface area contributed by atoms with Gasteiger partial charge in [0, 0.05) is 18.1 Å². The lowest BCUT2D eigenvalue weighted by Gasteiger charge is -2.11. The molecule has 1 atom stereocenters. The Bertz CT molecular complexity index is 575. The lowest BCUT2D eigenvalue weighted by molar-refractivity contribution is 0.152. The minimum Gasteiger partial charge on any atom is -0.384 e. The van der Waals surface area contributed by atoms with Crippen LogP contribution in [0.1, 0.15) is 6.92 Å². The van der Waals surface area contributed by atoms with E-state index in [2.05, 4.69) is 38.5 Å². The first-order chi connectivity index (χ1) is 8.11. The summed E-state index contributed by atoms with van der Waals surface area (Å²) in [5.74, 6) is 0.435. The fraction of sp³-hybridized carbons (Fsp3) is 0.417. The maximum absolute atomic E-state index is 5.35. The smallest absolute Gasteiger partial charge is 0.178 e. The van der Waals surface area contributed by atoms with Crippen LogP contribution in [0.4, 0.5) is 0 Å². The molecule has 0 aliphatic heterocycles. The molecule has 1 aromatic heterocycles. The largest absolute Gasteiger partial charge is 0.384 e. The first-order valence-corrected chi connectivity index (χ1v) is 6.69. The third-order valence-corrected chi connectivity index (χ3v) is 3.50. The van der Waals surface area contributed by atoms with Gasteiger partial charge in [0.05, 0.1) is 17.6 Å². The highest BCUT2D eigenvalue weighted by molar-refractivity contribution is 9.10. The molecule has 0 fully saturated rings. The van der Waals surface area contributed by atoms with Crippen molar-refractivity contribution in [2.75, 3.05) is 13.7 Å². The zero-order valence-electron chi connectivity index (χ0n) is 9.87. The van der Waals surface area contributed by atoms with Crippen molar-refractivity contribution in [1.29, 1.82) is 0 Å². The van der Waals surface area contributed by atoms with Crippen LogP contribution in [0.3, 0.4) is 0 Å². The Labute approximate surface area is 114 Å². The fourth-order valence-corrected chi connectivity index (χ4v) is 2.59. The second-order valence-corrected chi connectivity index (χ2v) is 5.57. The summed E-state index contributed by atoms with van der Waals surface area (Å²) in [4.78, 5) is 3.22. The topological polar surface area (TPSA) is 29.9 Å². The highest BCUT2D eigenvalue weighted by atomic mass is 79.9. The maximum Gasteiger partial charge on any atom is 0.178 e. The molecule has 0 aliphatic carbocycles. The van der Waals surface area contributed by atoms with E-state index in [0.29, 0.717) is 5.92 Å². The average Bonchev–Trinajstić information content (AvgIpc) is 2.56. The molecule has 2 rings (SSSR count). The zero-order chi connectivity index (χ0) is 12.4. The molecule has 0 radical (unpaired) electrons. The highest BCUT2D eigenvalue weighted by Crippen LogP contribution is 2.20. The fourth-order valence-electron chi connectivity index (χ4n) is 1.96. The van der Waals surface area contributed by atoms with Gasteiger partial charge in [-0.25, -0.2) is 0 Å². The predicted octanol–water partition coefficient (Wildman–Crippen LogP) is 3.74. The van der Waals surface area contributed by atoms with Crippen LogP contribution in [-0.4, -0.2) is 23.3 Å². The van der Waals surface area contributed by atoms with E-state index in [1.54, 1.807) is 7.11 Å². The quantitative estimate of drug-likeness (QED) is 0.871. The average molecular weight is 315 g/mol. The minimum absolute atomic E-state index is 0.435. The molecule has 92 valence electrons. The first kappa shape index (κ1) is 12.8. The minimum atomic E-state index is 0.435. The van der Waals surface area contributed by atoms with Crippen LogP contribution in [0.15, 0.2) is 22.7 Å². The van der Waals surface area contributed by atoms with Crippen LogP contribution in [0.2, 0.25) is 0 Å². The van der Waals surface area contributed by atoms with E-state index in [-0.39, 0.29) is 0 Å². The van der Waals surface area contributed by atoms with Gasteiger partial charge in [0.15, 0.2) is 4.77 Å².